The van der Waals surface area contributed by atoms with Crippen LogP contribution < -0.4 is 0 Å². The van der Waals surface area contributed by atoms with Crippen LogP contribution in [-0.2, 0) is 4.79 Å². The number of halogens is 1. The second-order valence-corrected chi connectivity index (χ2v) is 1.15. The summed E-state index contributed by atoms with van der Waals surface area (Å²) in [5.41, 5.74) is 0. The fraction of sp³-hybridized carbons (Fsp3) is 0.500. The Morgan fingerprint density at radius 1 is 1.83 bits per heavy atom. The van der Waals surface area contributed by atoms with Gasteiger partial charge in [-0.3, -0.25) is 4.79 Å². The molecule has 0 spiro atoms. The monoisotopic (exact) mass is 104 g/mol. The zero-order valence-corrected chi connectivity index (χ0v) is 4.03. The van der Waals surface area contributed by atoms with Gasteiger partial charge < -0.3 is 0 Å². The number of rotatable bonds is 3. The molecule has 0 fully saturated rings. The number of unbranched alkanes of at least 4 members (excludes halogenated alkanes) is 1. The largest absolute Gasteiger partial charge is 0.291 e. The van der Waals surface area contributed by atoms with Crippen molar-refractivity contribution in [1.29, 1.82) is 0 Å². The van der Waals surface area contributed by atoms with Crippen molar-refractivity contribution >= 4 is 17.9 Å². The molecule has 0 aromatic carbocycles. The highest BCUT2D eigenvalue weighted by molar-refractivity contribution is 6.23. The van der Waals surface area contributed by atoms with E-state index in [2.05, 4.69) is 0 Å². The maximum Gasteiger partial charge on any atom is 0.198 e. The predicted molar refractivity (Wildman–Crippen MR) is 25.1 cm³/mol. The summed E-state index contributed by atoms with van der Waals surface area (Å²) < 4.78 is 0. The highest BCUT2D eigenvalue weighted by Gasteiger charge is 1.78. The lowest BCUT2D eigenvalue weighted by molar-refractivity contribution is 0.551. The van der Waals surface area contributed by atoms with E-state index in [0.717, 1.165) is 0 Å². The Labute approximate surface area is 42.3 Å². The van der Waals surface area contributed by atoms with E-state index in [4.69, 9.17) is 11.6 Å². The van der Waals surface area contributed by atoms with Crippen LogP contribution in [0, 0.1) is 5.88 Å². The number of carbonyl (C=O) groups excluding carboxylic acids is 1. The molecule has 0 aliphatic heterocycles. The third-order valence-corrected chi connectivity index (χ3v) is 0.574. The predicted octanol–water partition coefficient (Wildman–Crippen LogP) is 1.28. The Kier molecular flexibility index (Phi) is 4.93. The summed E-state index contributed by atoms with van der Waals surface area (Å²) in [4.78, 5) is 9.36. The number of hydrogen-bond donors (Lipinski definition) is 0. The molecule has 2 radical (unpaired) electrons. The van der Waals surface area contributed by atoms with Crippen LogP contribution in [0.15, 0.2) is 0 Å². The summed E-state index contributed by atoms with van der Waals surface area (Å²) in [6, 6.07) is 0. The van der Waals surface area contributed by atoms with Crippen molar-refractivity contribution in [2.75, 3.05) is 0 Å². The topological polar surface area (TPSA) is 17.1 Å². The van der Waals surface area contributed by atoms with Crippen LogP contribution in [0.1, 0.15) is 12.8 Å². The molecule has 2 heteroatoms. The molecule has 6 heavy (non-hydrogen) atoms. The maximum absolute atomic E-state index is 9.36. The molecule has 0 amide bonds. The molecule has 0 bridgehead atoms. The van der Waals surface area contributed by atoms with E-state index in [9.17, 15) is 4.79 Å². The van der Waals surface area contributed by atoms with Gasteiger partial charge in [0.1, 0.15) is 0 Å². The van der Waals surface area contributed by atoms with Crippen molar-refractivity contribution in [2.24, 2.45) is 0 Å². The normalized spacial score (nSPS) is 8.17. The van der Waals surface area contributed by atoms with E-state index in [1.54, 1.807) is 6.29 Å². The molecule has 0 unspecified atom stereocenters. The first-order chi connectivity index (χ1) is 2.91. The first-order valence-electron chi connectivity index (χ1n) is 1.68. The zero-order valence-electron chi connectivity index (χ0n) is 3.28. The summed E-state index contributed by atoms with van der Waals surface area (Å²) in [6.45, 7) is 0. The minimum Gasteiger partial charge on any atom is -0.291 e. The van der Waals surface area contributed by atoms with E-state index >= 15 is 0 Å². The zero-order chi connectivity index (χ0) is 4.83. The van der Waals surface area contributed by atoms with Gasteiger partial charge in [-0.05, 0) is 6.42 Å². The second kappa shape index (κ2) is 4.96. The molecule has 0 heterocycles. The molecular formula is C4H5ClO. The standard InChI is InChI=1S/C4H5ClO/c5-3-1-2-4-6/h3H,1-2H2. The highest BCUT2D eigenvalue weighted by atomic mass is 35.5. The molecule has 0 N–H and O–H groups in total. The van der Waals surface area contributed by atoms with E-state index in [1.807, 2.05) is 0 Å². The molecule has 34 valence electrons. The van der Waals surface area contributed by atoms with Gasteiger partial charge in [0.25, 0.3) is 0 Å². The minimum absolute atomic E-state index is 0.420. The van der Waals surface area contributed by atoms with Crippen LogP contribution in [-0.4, -0.2) is 6.29 Å². The molecule has 0 saturated heterocycles. The molecule has 0 aromatic heterocycles. The van der Waals surface area contributed by atoms with E-state index in [1.165, 1.54) is 5.88 Å². The lowest BCUT2D eigenvalue weighted by atomic mass is 10.4. The van der Waals surface area contributed by atoms with Crippen molar-refractivity contribution in [1.82, 2.24) is 0 Å². The Balaban J connectivity index is 2.49. The molecule has 0 aromatic rings. The lowest BCUT2D eigenvalue weighted by Gasteiger charge is -1.75. The Morgan fingerprint density at radius 2 is 2.50 bits per heavy atom. The summed E-state index contributed by atoms with van der Waals surface area (Å²) in [5.74, 6) is 1.42. The fourth-order valence-corrected chi connectivity index (χ4v) is 0.223. The lowest BCUT2D eigenvalue weighted by Crippen LogP contribution is -1.69. The minimum atomic E-state index is 0.420. The van der Waals surface area contributed by atoms with Gasteiger partial charge in [-0.15, -0.1) is 11.6 Å². The average Bonchev–Trinajstić information content (AvgIpc) is 1.61. The van der Waals surface area contributed by atoms with Gasteiger partial charge in [0, 0.05) is 6.42 Å². The molecule has 0 aliphatic carbocycles. The SMILES string of the molecule is O=[C]CC[CH]Cl. The van der Waals surface area contributed by atoms with Gasteiger partial charge in [0.05, 0.1) is 5.88 Å². The molecule has 0 rings (SSSR count). The quantitative estimate of drug-likeness (QED) is 0.493. The van der Waals surface area contributed by atoms with Crippen molar-refractivity contribution in [3.63, 3.8) is 0 Å². The van der Waals surface area contributed by atoms with E-state index < -0.39 is 0 Å². The summed E-state index contributed by atoms with van der Waals surface area (Å²) in [5, 5.41) is 0. The van der Waals surface area contributed by atoms with Crippen LogP contribution in [0.2, 0.25) is 0 Å². The van der Waals surface area contributed by atoms with E-state index in [0.29, 0.717) is 12.8 Å². The van der Waals surface area contributed by atoms with Gasteiger partial charge in [-0.2, -0.15) is 0 Å². The van der Waals surface area contributed by atoms with Gasteiger partial charge in [-0.1, -0.05) is 0 Å². The Bertz CT molecular complexity index is 36.5. The maximum atomic E-state index is 9.36. The van der Waals surface area contributed by atoms with Gasteiger partial charge in [0.15, 0.2) is 6.29 Å². The summed E-state index contributed by atoms with van der Waals surface area (Å²) >= 11 is 5.08. The molecule has 0 atom stereocenters. The highest BCUT2D eigenvalue weighted by Crippen LogP contribution is 1.92. The van der Waals surface area contributed by atoms with Crippen molar-refractivity contribution in [2.45, 2.75) is 12.8 Å². The Hall–Kier alpha value is -0.0400. The number of hydrogen-bond acceptors (Lipinski definition) is 1. The molecule has 0 aliphatic rings. The van der Waals surface area contributed by atoms with Gasteiger partial charge >= 0.3 is 0 Å². The third kappa shape index (κ3) is 3.96. The van der Waals surface area contributed by atoms with Crippen LogP contribution in [0.3, 0.4) is 0 Å². The van der Waals surface area contributed by atoms with Crippen LogP contribution in [0.25, 0.3) is 0 Å². The van der Waals surface area contributed by atoms with Crippen molar-refractivity contribution in [3.05, 3.63) is 5.88 Å². The van der Waals surface area contributed by atoms with E-state index in [-0.39, 0.29) is 0 Å². The van der Waals surface area contributed by atoms with Crippen LogP contribution in [0.5, 0.6) is 0 Å². The summed E-state index contributed by atoms with van der Waals surface area (Å²) in [6.07, 6.45) is 2.75. The first-order valence-corrected chi connectivity index (χ1v) is 2.12. The summed E-state index contributed by atoms with van der Waals surface area (Å²) in [7, 11) is 0. The van der Waals surface area contributed by atoms with Crippen molar-refractivity contribution in [3.8, 4) is 0 Å². The third-order valence-electron chi connectivity index (χ3n) is 0.356. The van der Waals surface area contributed by atoms with Gasteiger partial charge in [-0.25, -0.2) is 0 Å². The average molecular weight is 105 g/mol. The smallest absolute Gasteiger partial charge is 0.198 e. The van der Waals surface area contributed by atoms with Crippen molar-refractivity contribution < 1.29 is 4.79 Å². The molecule has 1 nitrogen and oxygen atoms in total. The Morgan fingerprint density at radius 3 is 2.67 bits per heavy atom. The van der Waals surface area contributed by atoms with Crippen LogP contribution >= 0.6 is 11.6 Å². The second-order valence-electron chi connectivity index (χ2n) is 0.837. The molecule has 0 saturated carbocycles. The molecular weight excluding hydrogens is 99.5 g/mol. The van der Waals surface area contributed by atoms with Gasteiger partial charge in [0.2, 0.25) is 0 Å². The fourth-order valence-electron chi connectivity index (χ4n) is 0.113. The first kappa shape index (κ1) is 5.96. The van der Waals surface area contributed by atoms with Crippen LogP contribution in [0.4, 0.5) is 0 Å².